The summed E-state index contributed by atoms with van der Waals surface area (Å²) >= 11 is 0. The van der Waals surface area contributed by atoms with Gasteiger partial charge in [-0.05, 0) is 68.6 Å². The van der Waals surface area contributed by atoms with Crippen LogP contribution >= 0.6 is 0 Å². The smallest absolute Gasteiger partial charge is 0.228 e. The fraction of sp³-hybridized carbons (Fsp3) is 0.360. The van der Waals surface area contributed by atoms with Crippen LogP contribution in [-0.2, 0) is 11.3 Å². The zero-order chi connectivity index (χ0) is 20.8. The largest absolute Gasteiger partial charge is 0.326 e. The molecule has 0 spiro atoms. The minimum Gasteiger partial charge on any atom is -0.326 e. The van der Waals surface area contributed by atoms with Crippen LogP contribution in [0.4, 0.5) is 5.69 Å². The normalized spacial score (nSPS) is 17.0. The first-order valence-corrected chi connectivity index (χ1v) is 10.9. The number of nitrogens with zero attached hydrogens (tertiary/aromatic N) is 3. The van der Waals surface area contributed by atoms with Crippen LogP contribution in [0.1, 0.15) is 24.8 Å². The number of hydrogen-bond acceptors (Lipinski definition) is 3. The number of anilines is 1. The molecule has 2 heterocycles. The van der Waals surface area contributed by atoms with E-state index < -0.39 is 0 Å². The predicted octanol–water partition coefficient (Wildman–Crippen LogP) is 4.60. The maximum absolute atomic E-state index is 12.9. The van der Waals surface area contributed by atoms with Crippen molar-refractivity contribution in [2.45, 2.75) is 32.7 Å². The number of nitrogens with one attached hydrogen (secondary N) is 1. The van der Waals surface area contributed by atoms with Crippen molar-refractivity contribution in [1.29, 1.82) is 0 Å². The van der Waals surface area contributed by atoms with Crippen LogP contribution in [-0.4, -0.2) is 40.2 Å². The highest BCUT2D eigenvalue weighted by atomic mass is 16.1. The number of piperidine rings is 1. The summed E-state index contributed by atoms with van der Waals surface area (Å²) in [6.45, 7) is 5.94. The van der Waals surface area contributed by atoms with Crippen molar-refractivity contribution in [3.05, 3.63) is 72.6 Å². The van der Waals surface area contributed by atoms with Gasteiger partial charge in [0.1, 0.15) is 0 Å². The SMILES string of the molecule is Cc1cccc(-c2cccc(NC(=O)[C@@H]3CCCN(CCCn4cccn4)C3)c2)c1. The fourth-order valence-corrected chi connectivity index (χ4v) is 4.21. The fourth-order valence-electron chi connectivity index (χ4n) is 4.21. The van der Waals surface area contributed by atoms with Crippen LogP contribution in [0.2, 0.25) is 0 Å². The van der Waals surface area contributed by atoms with Crippen LogP contribution < -0.4 is 5.32 Å². The lowest BCUT2D eigenvalue weighted by atomic mass is 9.96. The van der Waals surface area contributed by atoms with Gasteiger partial charge in [-0.1, -0.05) is 42.0 Å². The summed E-state index contributed by atoms with van der Waals surface area (Å²) in [5.74, 6) is 0.180. The molecule has 0 bridgehead atoms. The lowest BCUT2D eigenvalue weighted by molar-refractivity contribution is -0.121. The molecule has 5 nitrogen and oxygen atoms in total. The van der Waals surface area contributed by atoms with Crippen molar-refractivity contribution in [2.24, 2.45) is 5.92 Å². The van der Waals surface area contributed by atoms with Crippen LogP contribution in [0, 0.1) is 12.8 Å². The second kappa shape index (κ2) is 9.72. The molecule has 2 aromatic carbocycles. The minimum atomic E-state index is 0.0473. The van der Waals surface area contributed by atoms with Gasteiger partial charge in [-0.15, -0.1) is 0 Å². The minimum absolute atomic E-state index is 0.0473. The zero-order valence-electron chi connectivity index (χ0n) is 17.6. The Labute approximate surface area is 178 Å². The van der Waals surface area contributed by atoms with Crippen molar-refractivity contribution >= 4 is 11.6 Å². The van der Waals surface area contributed by atoms with Gasteiger partial charge in [-0.3, -0.25) is 9.48 Å². The van der Waals surface area contributed by atoms with Crippen LogP contribution in [0.15, 0.2) is 67.0 Å². The van der Waals surface area contributed by atoms with E-state index in [1.54, 1.807) is 0 Å². The predicted molar refractivity (Wildman–Crippen MR) is 121 cm³/mol. The maximum Gasteiger partial charge on any atom is 0.228 e. The average Bonchev–Trinajstić information content (AvgIpc) is 3.28. The molecule has 1 aliphatic rings. The Morgan fingerprint density at radius 2 is 1.93 bits per heavy atom. The highest BCUT2D eigenvalue weighted by Crippen LogP contribution is 2.25. The van der Waals surface area contributed by atoms with E-state index >= 15 is 0 Å². The van der Waals surface area contributed by atoms with Crippen molar-refractivity contribution < 1.29 is 4.79 Å². The Morgan fingerprint density at radius 3 is 2.73 bits per heavy atom. The number of aryl methyl sites for hydroxylation is 2. The third-order valence-corrected chi connectivity index (χ3v) is 5.78. The van der Waals surface area contributed by atoms with E-state index in [2.05, 4.69) is 58.6 Å². The van der Waals surface area contributed by atoms with Gasteiger partial charge in [-0.25, -0.2) is 0 Å². The van der Waals surface area contributed by atoms with Gasteiger partial charge in [0.05, 0.1) is 5.92 Å². The summed E-state index contributed by atoms with van der Waals surface area (Å²) < 4.78 is 1.97. The molecule has 1 atom stereocenters. The Morgan fingerprint density at radius 1 is 1.10 bits per heavy atom. The quantitative estimate of drug-likeness (QED) is 0.628. The molecule has 0 radical (unpaired) electrons. The van der Waals surface area contributed by atoms with E-state index in [1.165, 1.54) is 11.1 Å². The van der Waals surface area contributed by atoms with Gasteiger partial charge in [0.15, 0.2) is 0 Å². The first kappa shape index (κ1) is 20.4. The number of carbonyl (C=O) groups excluding carboxylic acids is 1. The second-order valence-corrected chi connectivity index (χ2v) is 8.20. The summed E-state index contributed by atoms with van der Waals surface area (Å²) in [7, 11) is 0. The number of carbonyl (C=O) groups is 1. The van der Waals surface area contributed by atoms with Crippen molar-refractivity contribution in [3.63, 3.8) is 0 Å². The topological polar surface area (TPSA) is 50.2 Å². The van der Waals surface area contributed by atoms with E-state index in [4.69, 9.17) is 0 Å². The highest BCUT2D eigenvalue weighted by Gasteiger charge is 2.25. The Bertz CT molecular complexity index is 967. The molecule has 0 aliphatic carbocycles. The van der Waals surface area contributed by atoms with E-state index in [9.17, 15) is 4.79 Å². The molecule has 4 rings (SSSR count). The summed E-state index contributed by atoms with van der Waals surface area (Å²) in [4.78, 5) is 15.3. The molecule has 5 heteroatoms. The van der Waals surface area contributed by atoms with Gasteiger partial charge < -0.3 is 10.2 Å². The van der Waals surface area contributed by atoms with Crippen molar-refractivity contribution in [2.75, 3.05) is 25.0 Å². The molecule has 1 amide bonds. The molecule has 3 aromatic rings. The molecule has 1 aromatic heterocycles. The number of rotatable bonds is 7. The number of hydrogen-bond donors (Lipinski definition) is 1. The molecular formula is C25H30N4O. The number of aromatic nitrogens is 2. The van der Waals surface area contributed by atoms with Gasteiger partial charge in [0, 0.05) is 31.2 Å². The lowest BCUT2D eigenvalue weighted by Crippen LogP contribution is -2.41. The molecule has 1 fully saturated rings. The standard InChI is InChI=1S/C25H30N4O/c1-20-7-2-8-21(17-20)22-9-3-11-24(18-22)27-25(30)23-10-4-13-28(19-23)14-6-16-29-15-5-12-26-29/h2-3,5,7-9,11-12,15,17-18,23H,4,6,10,13-14,16,19H2,1H3,(H,27,30)/t23-/m1/s1. The molecule has 0 saturated carbocycles. The molecule has 1 aliphatic heterocycles. The van der Waals surface area contributed by atoms with Gasteiger partial charge >= 0.3 is 0 Å². The summed E-state index contributed by atoms with van der Waals surface area (Å²) in [6, 6.07) is 18.5. The van der Waals surface area contributed by atoms with Crippen LogP contribution in [0.3, 0.4) is 0 Å². The monoisotopic (exact) mass is 402 g/mol. The molecule has 0 unspecified atom stereocenters. The molecule has 1 saturated heterocycles. The van der Waals surface area contributed by atoms with E-state index in [-0.39, 0.29) is 11.8 Å². The first-order chi connectivity index (χ1) is 14.7. The second-order valence-electron chi connectivity index (χ2n) is 8.20. The highest BCUT2D eigenvalue weighted by molar-refractivity contribution is 5.93. The number of benzene rings is 2. The number of amides is 1. The molecular weight excluding hydrogens is 372 g/mol. The van der Waals surface area contributed by atoms with Crippen LogP contribution in [0.25, 0.3) is 11.1 Å². The molecule has 156 valence electrons. The molecule has 30 heavy (non-hydrogen) atoms. The molecule has 1 N–H and O–H groups in total. The van der Waals surface area contributed by atoms with Gasteiger partial charge in [-0.2, -0.15) is 5.10 Å². The van der Waals surface area contributed by atoms with E-state index in [0.29, 0.717) is 0 Å². The Hall–Kier alpha value is -2.92. The Balaban J connectivity index is 1.32. The average molecular weight is 403 g/mol. The summed E-state index contributed by atoms with van der Waals surface area (Å²) in [6.07, 6.45) is 6.89. The third kappa shape index (κ3) is 5.36. The Kier molecular flexibility index (Phi) is 6.60. The summed E-state index contributed by atoms with van der Waals surface area (Å²) in [5, 5.41) is 7.41. The van der Waals surface area contributed by atoms with Gasteiger partial charge in [0.2, 0.25) is 5.91 Å². The van der Waals surface area contributed by atoms with Crippen LogP contribution in [0.5, 0.6) is 0 Å². The van der Waals surface area contributed by atoms with Gasteiger partial charge in [0.25, 0.3) is 0 Å². The first-order valence-electron chi connectivity index (χ1n) is 10.9. The number of likely N-dealkylation sites (tertiary alicyclic amines) is 1. The van der Waals surface area contributed by atoms with Crippen molar-refractivity contribution in [3.8, 4) is 11.1 Å². The van der Waals surface area contributed by atoms with E-state index in [1.807, 2.05) is 35.3 Å². The summed E-state index contributed by atoms with van der Waals surface area (Å²) in [5.41, 5.74) is 4.40. The lowest BCUT2D eigenvalue weighted by Gasteiger charge is -2.32. The third-order valence-electron chi connectivity index (χ3n) is 5.78. The zero-order valence-corrected chi connectivity index (χ0v) is 17.6. The maximum atomic E-state index is 12.9. The van der Waals surface area contributed by atoms with Crippen molar-refractivity contribution in [1.82, 2.24) is 14.7 Å². The van der Waals surface area contributed by atoms with E-state index in [0.717, 1.165) is 56.7 Å².